The quantitative estimate of drug-likeness (QED) is 0.793. The lowest BCUT2D eigenvalue weighted by atomic mass is 10.1. The number of aryl methyl sites for hydroxylation is 2. The number of rotatable bonds is 5. The summed E-state index contributed by atoms with van der Waals surface area (Å²) in [6.45, 7) is 5.21. The molecule has 6 nitrogen and oxygen atoms in total. The lowest BCUT2D eigenvalue weighted by Gasteiger charge is -2.12. The van der Waals surface area contributed by atoms with E-state index < -0.39 is 12.1 Å². The van der Waals surface area contributed by atoms with E-state index in [2.05, 4.69) is 10.1 Å². The van der Waals surface area contributed by atoms with Crippen LogP contribution in [0.2, 0.25) is 0 Å². The molecule has 1 fully saturated rings. The van der Waals surface area contributed by atoms with Gasteiger partial charge in [0.2, 0.25) is 0 Å². The van der Waals surface area contributed by atoms with Crippen molar-refractivity contribution < 1.29 is 14.3 Å². The average molecular weight is 315 g/mol. The van der Waals surface area contributed by atoms with Crippen LogP contribution in [-0.4, -0.2) is 32.6 Å². The van der Waals surface area contributed by atoms with E-state index in [1.165, 1.54) is 0 Å². The van der Waals surface area contributed by atoms with Gasteiger partial charge < -0.3 is 4.74 Å². The lowest BCUT2D eigenvalue weighted by Crippen LogP contribution is -2.23. The number of esters is 1. The molecule has 2 aromatic rings. The summed E-state index contributed by atoms with van der Waals surface area (Å²) in [5, 5.41) is 5.07. The highest BCUT2D eigenvalue weighted by atomic mass is 16.5. The van der Waals surface area contributed by atoms with Crippen LogP contribution in [0.15, 0.2) is 6.07 Å². The zero-order valence-electron chi connectivity index (χ0n) is 13.9. The van der Waals surface area contributed by atoms with E-state index >= 15 is 0 Å². The Morgan fingerprint density at radius 3 is 2.74 bits per heavy atom. The number of hydrogen-bond donors (Lipinski definition) is 0. The van der Waals surface area contributed by atoms with Gasteiger partial charge in [0.1, 0.15) is 0 Å². The molecule has 2 aromatic heterocycles. The molecule has 0 N–H and O–H groups in total. The van der Waals surface area contributed by atoms with Gasteiger partial charge in [-0.25, -0.2) is 9.78 Å². The van der Waals surface area contributed by atoms with Gasteiger partial charge in [0.25, 0.3) is 0 Å². The van der Waals surface area contributed by atoms with Crippen molar-refractivity contribution in [3.05, 3.63) is 23.0 Å². The minimum absolute atomic E-state index is 0.0889. The van der Waals surface area contributed by atoms with Crippen LogP contribution in [0.4, 0.5) is 0 Å². The second kappa shape index (κ2) is 5.76. The number of carbonyl (C=O) groups excluding carboxylic acids is 2. The largest absolute Gasteiger partial charge is 0.451 e. The molecule has 1 unspecified atom stereocenters. The molecule has 1 aliphatic carbocycles. The summed E-state index contributed by atoms with van der Waals surface area (Å²) in [7, 11) is 1.82. The predicted octanol–water partition coefficient (Wildman–Crippen LogP) is 2.68. The van der Waals surface area contributed by atoms with Crippen LogP contribution in [-0.2, 0) is 16.6 Å². The number of aromatic nitrogens is 3. The van der Waals surface area contributed by atoms with Gasteiger partial charge in [-0.05, 0) is 32.8 Å². The number of nitrogens with zero attached hydrogens (tertiary/aromatic N) is 3. The molecule has 0 radical (unpaired) electrons. The van der Waals surface area contributed by atoms with E-state index in [-0.39, 0.29) is 5.78 Å². The summed E-state index contributed by atoms with van der Waals surface area (Å²) in [6.07, 6.45) is 1.79. The fraction of sp³-hybridized carbons (Fsp3) is 0.529. The number of carbonyl (C=O) groups is 2. The van der Waals surface area contributed by atoms with Crippen molar-refractivity contribution in [2.24, 2.45) is 7.05 Å². The average Bonchev–Trinajstić information content (AvgIpc) is 3.33. The first-order valence-corrected chi connectivity index (χ1v) is 8.00. The third-order valence-electron chi connectivity index (χ3n) is 4.29. The maximum Gasteiger partial charge on any atom is 0.339 e. The Kier molecular flexibility index (Phi) is 3.92. The number of hydrogen-bond acceptors (Lipinski definition) is 5. The highest BCUT2D eigenvalue weighted by Crippen LogP contribution is 2.40. The Hall–Kier alpha value is -2.24. The topological polar surface area (TPSA) is 74.1 Å². The van der Waals surface area contributed by atoms with Gasteiger partial charge >= 0.3 is 5.97 Å². The van der Waals surface area contributed by atoms with E-state index in [9.17, 15) is 9.59 Å². The van der Waals surface area contributed by atoms with Crippen molar-refractivity contribution in [3.8, 4) is 0 Å². The van der Waals surface area contributed by atoms with Crippen molar-refractivity contribution in [1.29, 1.82) is 0 Å². The second-order valence-electron chi connectivity index (χ2n) is 6.14. The number of pyridine rings is 1. The van der Waals surface area contributed by atoms with Crippen molar-refractivity contribution >= 4 is 22.8 Å². The summed E-state index contributed by atoms with van der Waals surface area (Å²) in [6, 6.07) is 1.81. The molecular weight excluding hydrogens is 294 g/mol. The Labute approximate surface area is 134 Å². The number of ketones is 1. The molecule has 1 aliphatic rings. The Morgan fingerprint density at radius 2 is 2.13 bits per heavy atom. The Bertz CT molecular complexity index is 790. The molecule has 3 rings (SSSR count). The smallest absolute Gasteiger partial charge is 0.339 e. The van der Waals surface area contributed by atoms with Gasteiger partial charge in [-0.1, -0.05) is 6.92 Å². The molecule has 0 aliphatic heterocycles. The van der Waals surface area contributed by atoms with Crippen LogP contribution < -0.4 is 0 Å². The van der Waals surface area contributed by atoms with Crippen molar-refractivity contribution in [2.45, 2.75) is 52.1 Å². The third kappa shape index (κ3) is 2.85. The van der Waals surface area contributed by atoms with Crippen molar-refractivity contribution in [2.75, 3.05) is 0 Å². The maximum absolute atomic E-state index is 12.6. The van der Waals surface area contributed by atoms with Gasteiger partial charge in [0.15, 0.2) is 17.5 Å². The molecule has 122 valence electrons. The van der Waals surface area contributed by atoms with Crippen molar-refractivity contribution in [3.63, 3.8) is 0 Å². The van der Waals surface area contributed by atoms with Crippen molar-refractivity contribution in [1.82, 2.24) is 14.8 Å². The van der Waals surface area contributed by atoms with Gasteiger partial charge in [0, 0.05) is 25.1 Å². The fourth-order valence-corrected chi connectivity index (χ4v) is 2.79. The van der Waals surface area contributed by atoms with E-state index in [0.29, 0.717) is 28.9 Å². The summed E-state index contributed by atoms with van der Waals surface area (Å²) in [4.78, 5) is 29.0. The molecule has 1 saturated carbocycles. The summed E-state index contributed by atoms with van der Waals surface area (Å²) in [5.41, 5.74) is 2.78. The summed E-state index contributed by atoms with van der Waals surface area (Å²) < 4.78 is 7.05. The molecule has 6 heteroatoms. The predicted molar refractivity (Wildman–Crippen MR) is 85.4 cm³/mol. The molecule has 2 heterocycles. The first-order chi connectivity index (χ1) is 10.9. The second-order valence-corrected chi connectivity index (χ2v) is 6.14. The molecule has 1 atom stereocenters. The molecule has 0 bridgehead atoms. The lowest BCUT2D eigenvalue weighted by molar-refractivity contribution is -0.126. The van der Waals surface area contributed by atoms with E-state index in [0.717, 1.165) is 24.2 Å². The van der Waals surface area contributed by atoms with Gasteiger partial charge in [-0.2, -0.15) is 5.10 Å². The highest BCUT2D eigenvalue weighted by Gasteiger charge is 2.29. The molecule has 0 saturated heterocycles. The minimum Gasteiger partial charge on any atom is -0.451 e. The van der Waals surface area contributed by atoms with E-state index in [4.69, 9.17) is 4.74 Å². The van der Waals surface area contributed by atoms with Crippen LogP contribution in [0, 0.1) is 6.92 Å². The Balaban J connectivity index is 2.04. The first-order valence-electron chi connectivity index (χ1n) is 8.00. The molecule has 23 heavy (non-hydrogen) atoms. The monoisotopic (exact) mass is 315 g/mol. The van der Waals surface area contributed by atoms with Crippen LogP contribution in [0.1, 0.15) is 60.8 Å². The van der Waals surface area contributed by atoms with E-state index in [1.54, 1.807) is 24.6 Å². The fourth-order valence-electron chi connectivity index (χ4n) is 2.79. The van der Waals surface area contributed by atoms with Crippen LogP contribution in [0.25, 0.3) is 11.0 Å². The maximum atomic E-state index is 12.6. The van der Waals surface area contributed by atoms with Gasteiger partial charge in [0.05, 0.1) is 16.6 Å². The number of ether oxygens (including phenoxy) is 1. The normalized spacial score (nSPS) is 15.7. The van der Waals surface area contributed by atoms with Gasteiger partial charge in [-0.3, -0.25) is 9.48 Å². The third-order valence-corrected chi connectivity index (χ3v) is 4.29. The van der Waals surface area contributed by atoms with Crippen LogP contribution in [0.5, 0.6) is 0 Å². The van der Waals surface area contributed by atoms with Crippen LogP contribution >= 0.6 is 0 Å². The molecule has 0 aromatic carbocycles. The molecular formula is C17H21N3O3. The summed E-state index contributed by atoms with van der Waals surface area (Å²) in [5.74, 6) is -0.158. The zero-order valence-corrected chi connectivity index (χ0v) is 13.9. The van der Waals surface area contributed by atoms with Gasteiger partial charge in [-0.15, -0.1) is 0 Å². The molecule has 0 spiro atoms. The minimum atomic E-state index is -0.739. The molecule has 0 amide bonds. The highest BCUT2D eigenvalue weighted by molar-refractivity contribution is 6.04. The first kappa shape index (κ1) is 15.6. The number of fused-ring (bicyclic) bond motifs is 1. The Morgan fingerprint density at radius 1 is 1.43 bits per heavy atom. The SMILES string of the molecule is CCC(=O)C(C)OC(=O)c1cc(C2CC2)nc2c1c(C)nn2C. The standard InChI is InChI=1S/C17H21N3O3/c1-5-14(21)10(3)23-17(22)12-8-13(11-6-7-11)18-16-15(12)9(2)19-20(16)4/h8,10-11H,5-7H2,1-4H3. The van der Waals surface area contributed by atoms with Crippen LogP contribution in [0.3, 0.4) is 0 Å². The number of Topliss-reactive ketones (excluding diaryl/α,β-unsaturated/α-hetero) is 1. The zero-order chi connectivity index (χ0) is 16.7. The summed E-state index contributed by atoms with van der Waals surface area (Å²) >= 11 is 0. The van der Waals surface area contributed by atoms with E-state index in [1.807, 2.05) is 14.0 Å².